The summed E-state index contributed by atoms with van der Waals surface area (Å²) in [5.41, 5.74) is -2.50. The van der Waals surface area contributed by atoms with Crippen LogP contribution < -0.4 is 10.0 Å². The molecule has 0 saturated carbocycles. The standard InChI is InChI=1S/C18H11F6N3O3S/c19-17(20,21)11-6-7-14(13(9-11)26-16(28)18(22,23)24)31(29,30)27-12-5-1-3-10-4-2-8-25-15(10)12/h1-9,27H,(H,26,28). The van der Waals surface area contributed by atoms with Crippen LogP contribution in [0.25, 0.3) is 10.9 Å². The second-order valence-corrected chi connectivity index (χ2v) is 7.80. The summed E-state index contributed by atoms with van der Waals surface area (Å²) in [7, 11) is -4.73. The van der Waals surface area contributed by atoms with E-state index in [9.17, 15) is 39.6 Å². The van der Waals surface area contributed by atoms with Crippen LogP contribution in [0.3, 0.4) is 0 Å². The Bertz CT molecular complexity index is 1250. The first-order valence-electron chi connectivity index (χ1n) is 8.25. The summed E-state index contributed by atoms with van der Waals surface area (Å²) in [5, 5.41) is 1.72. The Hall–Kier alpha value is -3.35. The monoisotopic (exact) mass is 463 g/mol. The molecule has 0 radical (unpaired) electrons. The van der Waals surface area contributed by atoms with Crippen LogP contribution in [-0.4, -0.2) is 25.5 Å². The van der Waals surface area contributed by atoms with Crippen LogP contribution in [-0.2, 0) is 21.0 Å². The van der Waals surface area contributed by atoms with Gasteiger partial charge in [0.1, 0.15) is 4.90 Å². The van der Waals surface area contributed by atoms with Gasteiger partial charge in [0.25, 0.3) is 10.0 Å². The van der Waals surface area contributed by atoms with E-state index in [0.29, 0.717) is 17.5 Å². The van der Waals surface area contributed by atoms with Crippen LogP contribution in [0.2, 0.25) is 0 Å². The number of carbonyl (C=O) groups excluding carboxylic acids is 1. The van der Waals surface area contributed by atoms with Crippen molar-refractivity contribution in [3.8, 4) is 0 Å². The molecule has 1 heterocycles. The highest BCUT2D eigenvalue weighted by Crippen LogP contribution is 2.35. The summed E-state index contributed by atoms with van der Waals surface area (Å²) in [4.78, 5) is 14.3. The predicted molar refractivity (Wildman–Crippen MR) is 98.7 cm³/mol. The highest BCUT2D eigenvalue weighted by atomic mass is 32.2. The molecule has 3 rings (SSSR count). The minimum atomic E-state index is -5.46. The number of nitrogens with zero attached hydrogens (tertiary/aromatic N) is 1. The predicted octanol–water partition coefficient (Wildman–Crippen LogP) is 4.56. The Morgan fingerprint density at radius 2 is 1.58 bits per heavy atom. The number of hydrogen-bond donors (Lipinski definition) is 2. The van der Waals surface area contributed by atoms with E-state index >= 15 is 0 Å². The first kappa shape index (κ1) is 22.3. The third-order valence-electron chi connectivity index (χ3n) is 3.98. The van der Waals surface area contributed by atoms with Crippen molar-refractivity contribution >= 4 is 38.2 Å². The molecule has 0 unspecified atom stereocenters. The normalized spacial score (nSPS) is 12.6. The zero-order valence-corrected chi connectivity index (χ0v) is 15.9. The molecule has 0 fully saturated rings. The molecule has 0 aliphatic heterocycles. The minimum Gasteiger partial charge on any atom is -0.317 e. The molecule has 3 aromatic rings. The number of benzene rings is 2. The number of carbonyl (C=O) groups is 1. The van der Waals surface area contributed by atoms with E-state index in [2.05, 4.69) is 9.71 Å². The van der Waals surface area contributed by atoms with Gasteiger partial charge in [-0.2, -0.15) is 26.3 Å². The number of pyridine rings is 1. The molecule has 2 aromatic carbocycles. The molecule has 13 heteroatoms. The van der Waals surface area contributed by atoms with Gasteiger partial charge >= 0.3 is 18.3 Å². The number of alkyl halides is 6. The molecule has 1 aromatic heterocycles. The van der Waals surface area contributed by atoms with Gasteiger partial charge in [-0.3, -0.25) is 14.5 Å². The number of aromatic nitrogens is 1. The molecule has 1 amide bonds. The molecule has 0 aliphatic carbocycles. The van der Waals surface area contributed by atoms with Gasteiger partial charge in [-0.05, 0) is 30.3 Å². The van der Waals surface area contributed by atoms with Gasteiger partial charge < -0.3 is 5.32 Å². The molecular weight excluding hydrogens is 452 g/mol. The van der Waals surface area contributed by atoms with Crippen molar-refractivity contribution in [1.82, 2.24) is 4.98 Å². The first-order valence-corrected chi connectivity index (χ1v) is 9.73. The smallest absolute Gasteiger partial charge is 0.317 e. The number of amides is 1. The number of halogens is 6. The van der Waals surface area contributed by atoms with Crippen LogP contribution >= 0.6 is 0 Å². The van der Waals surface area contributed by atoms with Crippen LogP contribution in [0, 0.1) is 0 Å². The van der Waals surface area contributed by atoms with Crippen molar-refractivity contribution in [2.24, 2.45) is 0 Å². The summed E-state index contributed by atoms with van der Waals surface area (Å²) >= 11 is 0. The Morgan fingerprint density at radius 1 is 0.903 bits per heavy atom. The zero-order chi connectivity index (χ0) is 23.0. The fourth-order valence-corrected chi connectivity index (χ4v) is 3.83. The van der Waals surface area contributed by atoms with Crippen LogP contribution in [0.4, 0.5) is 37.7 Å². The van der Waals surface area contributed by atoms with E-state index in [1.807, 2.05) is 0 Å². The van der Waals surface area contributed by atoms with Gasteiger partial charge in [0.2, 0.25) is 0 Å². The van der Waals surface area contributed by atoms with Gasteiger partial charge in [0.15, 0.2) is 0 Å². The third kappa shape index (κ3) is 4.87. The molecule has 31 heavy (non-hydrogen) atoms. The molecule has 0 spiro atoms. The molecular formula is C18H11F6N3O3S. The summed E-state index contributed by atoms with van der Waals surface area (Å²) in [6, 6.07) is 8.54. The Kier molecular flexibility index (Phi) is 5.56. The van der Waals surface area contributed by atoms with E-state index < -0.39 is 44.4 Å². The number of sulfonamides is 1. The number of para-hydroxylation sites is 1. The highest BCUT2D eigenvalue weighted by molar-refractivity contribution is 7.93. The zero-order valence-electron chi connectivity index (χ0n) is 15.0. The van der Waals surface area contributed by atoms with Gasteiger partial charge in [-0.25, -0.2) is 8.42 Å². The number of nitrogens with one attached hydrogen (secondary N) is 2. The molecule has 0 atom stereocenters. The quantitative estimate of drug-likeness (QED) is 0.556. The maximum atomic E-state index is 13.0. The average Bonchev–Trinajstić information content (AvgIpc) is 2.66. The van der Waals surface area contributed by atoms with Crippen LogP contribution in [0.5, 0.6) is 0 Å². The maximum absolute atomic E-state index is 13.0. The topological polar surface area (TPSA) is 88.2 Å². The van der Waals surface area contributed by atoms with Crippen molar-refractivity contribution in [2.75, 3.05) is 10.0 Å². The summed E-state index contributed by atoms with van der Waals surface area (Å²) < 4.78 is 104. The number of fused-ring (bicyclic) bond motifs is 1. The SMILES string of the molecule is O=C(Nc1cc(C(F)(F)F)ccc1S(=O)(=O)Nc1cccc2cccnc12)C(F)(F)F. The lowest BCUT2D eigenvalue weighted by Crippen LogP contribution is -2.31. The summed E-state index contributed by atoms with van der Waals surface area (Å²) in [5.74, 6) is -2.63. The fourth-order valence-electron chi connectivity index (χ4n) is 2.62. The molecule has 6 nitrogen and oxygen atoms in total. The Balaban J connectivity index is 2.09. The largest absolute Gasteiger partial charge is 0.471 e. The average molecular weight is 463 g/mol. The molecule has 164 valence electrons. The number of rotatable bonds is 4. The van der Waals surface area contributed by atoms with E-state index in [-0.39, 0.29) is 17.3 Å². The van der Waals surface area contributed by atoms with Gasteiger partial charge in [-0.15, -0.1) is 0 Å². The van der Waals surface area contributed by atoms with Crippen molar-refractivity contribution in [1.29, 1.82) is 0 Å². The second kappa shape index (κ2) is 7.72. The van der Waals surface area contributed by atoms with Crippen molar-refractivity contribution in [3.63, 3.8) is 0 Å². The first-order chi connectivity index (χ1) is 14.3. The van der Waals surface area contributed by atoms with Crippen LogP contribution in [0.1, 0.15) is 5.56 Å². The molecule has 0 aliphatic rings. The minimum absolute atomic E-state index is 0.0638. The number of hydrogen-bond acceptors (Lipinski definition) is 4. The third-order valence-corrected chi connectivity index (χ3v) is 5.40. The Morgan fingerprint density at radius 3 is 2.23 bits per heavy atom. The van der Waals surface area contributed by atoms with Crippen molar-refractivity contribution in [2.45, 2.75) is 17.2 Å². The lowest BCUT2D eigenvalue weighted by molar-refractivity contribution is -0.167. The molecule has 0 saturated heterocycles. The molecule has 0 bridgehead atoms. The fraction of sp³-hybridized carbons (Fsp3) is 0.111. The summed E-state index contributed by atoms with van der Waals surface area (Å²) in [6.07, 6.45) is -9.08. The van der Waals surface area contributed by atoms with Crippen molar-refractivity contribution in [3.05, 3.63) is 60.3 Å². The number of anilines is 2. The van der Waals surface area contributed by atoms with E-state index in [0.717, 1.165) is 0 Å². The lowest BCUT2D eigenvalue weighted by Gasteiger charge is -2.17. The van der Waals surface area contributed by atoms with Crippen molar-refractivity contribution < 1.29 is 39.6 Å². The second-order valence-electron chi connectivity index (χ2n) is 6.15. The maximum Gasteiger partial charge on any atom is 0.471 e. The summed E-state index contributed by atoms with van der Waals surface area (Å²) in [6.45, 7) is 0. The Labute approximate surface area is 170 Å². The molecule has 2 N–H and O–H groups in total. The van der Waals surface area contributed by atoms with E-state index in [1.54, 1.807) is 18.2 Å². The lowest BCUT2D eigenvalue weighted by atomic mass is 10.2. The van der Waals surface area contributed by atoms with Crippen LogP contribution in [0.15, 0.2) is 59.6 Å². The van der Waals surface area contributed by atoms with Gasteiger partial charge in [0.05, 0.1) is 22.5 Å². The van der Waals surface area contributed by atoms with E-state index in [1.165, 1.54) is 23.6 Å². The highest BCUT2D eigenvalue weighted by Gasteiger charge is 2.40. The van der Waals surface area contributed by atoms with Gasteiger partial charge in [0, 0.05) is 11.6 Å². The van der Waals surface area contributed by atoms with Gasteiger partial charge in [-0.1, -0.05) is 18.2 Å². The van der Waals surface area contributed by atoms with E-state index in [4.69, 9.17) is 0 Å².